The molecule has 2 fully saturated rings. The molecule has 31 heavy (non-hydrogen) atoms. The first-order chi connectivity index (χ1) is 14.8. The Kier molecular flexibility index (Phi) is 6.52. The third-order valence-electron chi connectivity index (χ3n) is 6.61. The molecular weight excluding hydrogens is 413 g/mol. The fraction of sp³-hybridized carbons (Fsp3) is 0.714. The van der Waals surface area contributed by atoms with E-state index in [9.17, 15) is 18.0 Å². The number of fused-ring (bicyclic) bond motifs is 1. The third-order valence-corrected chi connectivity index (χ3v) is 6.61. The lowest BCUT2D eigenvalue weighted by molar-refractivity contribution is -0.138. The molecule has 10 heteroatoms. The number of nitrogens with zero attached hydrogens (tertiary/aromatic N) is 2. The molecule has 2 aliphatic heterocycles. The molecule has 7 nitrogen and oxygen atoms in total. The van der Waals surface area contributed by atoms with Gasteiger partial charge in [-0.3, -0.25) is 9.78 Å². The van der Waals surface area contributed by atoms with Crippen LogP contribution in [0.5, 0.6) is 0 Å². The number of hydrogen-bond donors (Lipinski definition) is 2. The molecular formula is C21H29F3N4O3. The average molecular weight is 442 g/mol. The number of nitrogens with two attached hydrogens (primary N) is 1. The van der Waals surface area contributed by atoms with Crippen molar-refractivity contribution in [1.29, 1.82) is 0 Å². The number of carbonyl (C=O) groups excluding carboxylic acids is 1. The molecule has 0 aromatic carbocycles. The smallest absolute Gasteiger partial charge is 0.379 e. The number of ether oxygens (including phenoxy) is 2. The summed E-state index contributed by atoms with van der Waals surface area (Å²) in [5, 5.41) is 3.62. The summed E-state index contributed by atoms with van der Waals surface area (Å²) in [5.74, 6) is -0.205. The van der Waals surface area contributed by atoms with E-state index in [-0.39, 0.29) is 43.1 Å². The fourth-order valence-electron chi connectivity index (χ4n) is 4.95. The molecule has 4 rings (SSSR count). The van der Waals surface area contributed by atoms with Gasteiger partial charge in [0.2, 0.25) is 5.91 Å². The van der Waals surface area contributed by atoms with Crippen LogP contribution >= 0.6 is 0 Å². The van der Waals surface area contributed by atoms with Crippen molar-refractivity contribution in [2.24, 2.45) is 11.7 Å². The standard InChI is InChI=1S/C21H29F3N4O3/c1-30-18-11-31-5-4-17(18)27-15-3-2-12(7-15)20(29)28-9-13-6-14(21(22,23)24)8-26-19(13)16(25)10-28/h6,8,12,15-18,27H,2-5,7,9-11,25H2,1H3. The monoisotopic (exact) mass is 442 g/mol. The molecule has 5 atom stereocenters. The maximum Gasteiger partial charge on any atom is 0.417 e. The van der Waals surface area contributed by atoms with Gasteiger partial charge in [0.15, 0.2) is 0 Å². The zero-order valence-electron chi connectivity index (χ0n) is 17.5. The van der Waals surface area contributed by atoms with Crippen LogP contribution in [0.3, 0.4) is 0 Å². The number of carbonyl (C=O) groups is 1. The van der Waals surface area contributed by atoms with Gasteiger partial charge in [0.1, 0.15) is 0 Å². The summed E-state index contributed by atoms with van der Waals surface area (Å²) in [5.41, 5.74) is 6.13. The highest BCUT2D eigenvalue weighted by atomic mass is 19.4. The minimum absolute atomic E-state index is 0.00424. The topological polar surface area (TPSA) is 89.7 Å². The van der Waals surface area contributed by atoms with Gasteiger partial charge in [-0.25, -0.2) is 0 Å². The van der Waals surface area contributed by atoms with Gasteiger partial charge < -0.3 is 25.4 Å². The normalized spacial score (nSPS) is 31.5. The summed E-state index contributed by atoms with van der Waals surface area (Å²) in [6, 6.07) is 0.880. The van der Waals surface area contributed by atoms with E-state index in [4.69, 9.17) is 15.2 Å². The summed E-state index contributed by atoms with van der Waals surface area (Å²) < 4.78 is 50.2. The van der Waals surface area contributed by atoms with Gasteiger partial charge in [0.05, 0.1) is 30.0 Å². The molecule has 1 aliphatic carbocycles. The molecule has 0 spiro atoms. The second-order valence-corrected chi connectivity index (χ2v) is 8.71. The Morgan fingerprint density at radius 1 is 1.35 bits per heavy atom. The molecule has 172 valence electrons. The van der Waals surface area contributed by atoms with E-state index >= 15 is 0 Å². The minimum Gasteiger partial charge on any atom is -0.379 e. The van der Waals surface area contributed by atoms with Gasteiger partial charge in [-0.15, -0.1) is 0 Å². The number of halogens is 3. The van der Waals surface area contributed by atoms with Crippen LogP contribution in [0.1, 0.15) is 48.5 Å². The summed E-state index contributed by atoms with van der Waals surface area (Å²) in [6.07, 6.45) is -0.487. The molecule has 3 heterocycles. The van der Waals surface area contributed by atoms with E-state index in [1.165, 1.54) is 0 Å². The van der Waals surface area contributed by atoms with Crippen molar-refractivity contribution in [2.75, 3.05) is 26.9 Å². The van der Waals surface area contributed by atoms with Crippen LogP contribution in [0.4, 0.5) is 13.2 Å². The second kappa shape index (κ2) is 9.01. The first-order valence-electron chi connectivity index (χ1n) is 10.7. The average Bonchev–Trinajstić information content (AvgIpc) is 3.21. The summed E-state index contributed by atoms with van der Waals surface area (Å²) in [6.45, 7) is 1.62. The van der Waals surface area contributed by atoms with Crippen LogP contribution in [0, 0.1) is 5.92 Å². The van der Waals surface area contributed by atoms with Crippen molar-refractivity contribution in [3.8, 4) is 0 Å². The highest BCUT2D eigenvalue weighted by Gasteiger charge is 2.38. The molecule has 0 radical (unpaired) electrons. The number of methoxy groups -OCH3 is 1. The highest BCUT2D eigenvalue weighted by molar-refractivity contribution is 5.79. The van der Waals surface area contributed by atoms with Crippen LogP contribution in [0.2, 0.25) is 0 Å². The summed E-state index contributed by atoms with van der Waals surface area (Å²) in [7, 11) is 1.67. The Morgan fingerprint density at radius 3 is 2.90 bits per heavy atom. The first kappa shape index (κ1) is 22.4. The lowest BCUT2D eigenvalue weighted by Crippen LogP contribution is -2.50. The number of hydrogen-bond acceptors (Lipinski definition) is 6. The van der Waals surface area contributed by atoms with Gasteiger partial charge in [-0.2, -0.15) is 13.2 Å². The molecule has 1 saturated carbocycles. The Labute approximate surface area is 179 Å². The van der Waals surface area contributed by atoms with E-state index < -0.39 is 17.8 Å². The molecule has 1 saturated heterocycles. The Morgan fingerprint density at radius 2 is 2.16 bits per heavy atom. The van der Waals surface area contributed by atoms with E-state index in [1.54, 1.807) is 12.0 Å². The molecule has 3 aliphatic rings. The number of pyridine rings is 1. The largest absolute Gasteiger partial charge is 0.417 e. The van der Waals surface area contributed by atoms with Gasteiger partial charge in [-0.1, -0.05) is 0 Å². The predicted octanol–water partition coefficient (Wildman–Crippen LogP) is 2.00. The van der Waals surface area contributed by atoms with Crippen molar-refractivity contribution in [1.82, 2.24) is 15.2 Å². The molecule has 5 unspecified atom stereocenters. The van der Waals surface area contributed by atoms with E-state index in [0.717, 1.165) is 31.5 Å². The maximum atomic E-state index is 13.2. The van der Waals surface area contributed by atoms with Crippen LogP contribution in [-0.4, -0.2) is 60.8 Å². The Hall–Kier alpha value is -1.75. The predicted molar refractivity (Wildman–Crippen MR) is 106 cm³/mol. The van der Waals surface area contributed by atoms with Crippen LogP contribution in [0.15, 0.2) is 12.3 Å². The lowest BCUT2D eigenvalue weighted by Gasteiger charge is -2.34. The number of aromatic nitrogens is 1. The van der Waals surface area contributed by atoms with Gasteiger partial charge in [0.25, 0.3) is 0 Å². The second-order valence-electron chi connectivity index (χ2n) is 8.71. The highest BCUT2D eigenvalue weighted by Crippen LogP contribution is 2.34. The molecule has 1 aromatic heterocycles. The number of rotatable bonds is 4. The minimum atomic E-state index is -4.48. The van der Waals surface area contributed by atoms with Gasteiger partial charge in [0, 0.05) is 51.0 Å². The quantitative estimate of drug-likeness (QED) is 0.742. The van der Waals surface area contributed by atoms with Crippen LogP contribution in [0.25, 0.3) is 0 Å². The summed E-state index contributed by atoms with van der Waals surface area (Å²) >= 11 is 0. The number of nitrogens with one attached hydrogen (secondary N) is 1. The number of alkyl halides is 3. The van der Waals surface area contributed by atoms with E-state index in [0.29, 0.717) is 30.9 Å². The Bertz CT molecular complexity index is 807. The number of amides is 1. The van der Waals surface area contributed by atoms with Crippen molar-refractivity contribution in [3.63, 3.8) is 0 Å². The van der Waals surface area contributed by atoms with Crippen molar-refractivity contribution in [3.05, 3.63) is 29.1 Å². The van der Waals surface area contributed by atoms with Gasteiger partial charge in [-0.05, 0) is 37.3 Å². The molecule has 0 bridgehead atoms. The van der Waals surface area contributed by atoms with Crippen molar-refractivity contribution < 1.29 is 27.4 Å². The zero-order chi connectivity index (χ0) is 22.2. The fourth-order valence-corrected chi connectivity index (χ4v) is 4.95. The molecule has 1 aromatic rings. The van der Waals surface area contributed by atoms with Gasteiger partial charge >= 0.3 is 6.18 Å². The van der Waals surface area contributed by atoms with Crippen molar-refractivity contribution >= 4 is 5.91 Å². The van der Waals surface area contributed by atoms with Crippen LogP contribution < -0.4 is 11.1 Å². The Balaban J connectivity index is 1.39. The zero-order valence-corrected chi connectivity index (χ0v) is 17.5. The maximum absolute atomic E-state index is 13.2. The lowest BCUT2D eigenvalue weighted by atomic mass is 9.97. The van der Waals surface area contributed by atoms with Crippen LogP contribution in [-0.2, 0) is 27.0 Å². The third kappa shape index (κ3) is 4.87. The summed E-state index contributed by atoms with van der Waals surface area (Å²) in [4.78, 5) is 18.7. The SMILES string of the molecule is COC1COCCC1NC1CCC(C(=O)N2Cc3cc(C(F)(F)F)cnc3C(N)C2)C1. The first-order valence-corrected chi connectivity index (χ1v) is 10.7. The van der Waals surface area contributed by atoms with Crippen molar-refractivity contribution in [2.45, 2.75) is 62.6 Å². The van der Waals surface area contributed by atoms with E-state index in [1.807, 2.05) is 0 Å². The molecule has 1 amide bonds. The van der Waals surface area contributed by atoms with E-state index in [2.05, 4.69) is 10.3 Å². The molecule has 3 N–H and O–H groups in total.